The molecule has 0 fully saturated rings. The number of carbonyl (C=O) groups excluding carboxylic acids is 1. The quantitative estimate of drug-likeness (QED) is 0.202. The Morgan fingerprint density at radius 3 is 2.03 bits per heavy atom. The number of benzene rings is 4. The van der Waals surface area contributed by atoms with E-state index in [1.807, 2.05) is 43.4 Å². The van der Waals surface area contributed by atoms with Crippen LogP contribution in [0, 0.1) is 0 Å². The molecule has 0 spiro atoms. The van der Waals surface area contributed by atoms with Crippen molar-refractivity contribution in [3.8, 4) is 11.1 Å². The van der Waals surface area contributed by atoms with Gasteiger partial charge in [-0.1, -0.05) is 93.4 Å². The highest BCUT2D eigenvalue weighted by molar-refractivity contribution is 6.16. The Bertz CT molecular complexity index is 1450. The number of nitrogens with zero attached hydrogens (tertiary/aromatic N) is 1. The average molecular weight is 460 g/mol. The fourth-order valence-corrected chi connectivity index (χ4v) is 6.09. The van der Waals surface area contributed by atoms with Crippen LogP contribution in [0.4, 0.5) is 0 Å². The van der Waals surface area contributed by atoms with Crippen LogP contribution in [0.15, 0.2) is 83.9 Å². The van der Waals surface area contributed by atoms with E-state index in [4.69, 9.17) is 0 Å². The molecule has 1 aliphatic rings. The minimum absolute atomic E-state index is 0.0761. The molecule has 5 rings (SSSR count). The van der Waals surface area contributed by atoms with Gasteiger partial charge in [0.2, 0.25) is 0 Å². The molecular weight excluding hydrogens is 426 g/mol. The van der Waals surface area contributed by atoms with Gasteiger partial charge in [0.1, 0.15) is 0 Å². The zero-order valence-electron chi connectivity index (χ0n) is 21.2. The number of rotatable bonds is 7. The van der Waals surface area contributed by atoms with Crippen molar-refractivity contribution >= 4 is 22.3 Å². The standard InChI is InChI=1S/C33H33NO/c1-5-18-33(19-6-2)30-20-24(22(3)34-4)14-16-27(30)28-17-15-25(21-31(28)33)32(35)29-13-9-11-23-10-7-8-12-26(23)29/h7-17,20-21H,5-6,18-19H2,1-4H3. The highest BCUT2D eigenvalue weighted by atomic mass is 16.1. The number of carbonyl (C=O) groups is 1. The molecule has 0 aromatic heterocycles. The largest absolute Gasteiger partial charge is 0.293 e. The third-order valence-corrected chi connectivity index (χ3v) is 7.76. The zero-order valence-corrected chi connectivity index (χ0v) is 21.2. The smallest absolute Gasteiger partial charge is 0.193 e. The van der Waals surface area contributed by atoms with Crippen molar-refractivity contribution in [3.63, 3.8) is 0 Å². The van der Waals surface area contributed by atoms with Crippen LogP contribution in [0.3, 0.4) is 0 Å². The summed E-state index contributed by atoms with van der Waals surface area (Å²) in [6.07, 6.45) is 4.31. The summed E-state index contributed by atoms with van der Waals surface area (Å²) >= 11 is 0. The van der Waals surface area contributed by atoms with Gasteiger partial charge in [-0.25, -0.2) is 0 Å². The van der Waals surface area contributed by atoms with Crippen LogP contribution < -0.4 is 0 Å². The zero-order chi connectivity index (χ0) is 24.6. The predicted octanol–water partition coefficient (Wildman–Crippen LogP) is 8.38. The first-order chi connectivity index (χ1) is 17.0. The first kappa shape index (κ1) is 23.2. The molecule has 0 aliphatic heterocycles. The molecule has 4 aromatic rings. The molecule has 2 nitrogen and oxygen atoms in total. The Hall–Kier alpha value is -3.52. The number of fused-ring (bicyclic) bond motifs is 4. The van der Waals surface area contributed by atoms with Gasteiger partial charge in [-0.15, -0.1) is 0 Å². The molecule has 0 atom stereocenters. The van der Waals surface area contributed by atoms with Crippen molar-refractivity contribution in [2.75, 3.05) is 7.05 Å². The lowest BCUT2D eigenvalue weighted by atomic mass is 9.71. The van der Waals surface area contributed by atoms with Crippen LogP contribution in [0.5, 0.6) is 0 Å². The van der Waals surface area contributed by atoms with Crippen LogP contribution in [-0.2, 0) is 5.41 Å². The van der Waals surface area contributed by atoms with E-state index in [9.17, 15) is 4.79 Å². The van der Waals surface area contributed by atoms with Crippen LogP contribution >= 0.6 is 0 Å². The molecule has 0 N–H and O–H groups in total. The lowest BCUT2D eigenvalue weighted by Gasteiger charge is -2.32. The molecule has 0 amide bonds. The maximum atomic E-state index is 13.8. The summed E-state index contributed by atoms with van der Waals surface area (Å²) in [5, 5.41) is 2.11. The predicted molar refractivity (Wildman–Crippen MR) is 148 cm³/mol. The van der Waals surface area contributed by atoms with E-state index in [-0.39, 0.29) is 11.2 Å². The second-order valence-electron chi connectivity index (χ2n) is 9.77. The molecule has 0 saturated carbocycles. The monoisotopic (exact) mass is 459 g/mol. The third-order valence-electron chi connectivity index (χ3n) is 7.76. The molecule has 1 aliphatic carbocycles. The van der Waals surface area contributed by atoms with E-state index >= 15 is 0 Å². The average Bonchev–Trinajstić information content (AvgIpc) is 3.16. The molecule has 35 heavy (non-hydrogen) atoms. The van der Waals surface area contributed by atoms with Gasteiger partial charge in [-0.3, -0.25) is 9.79 Å². The first-order valence-electron chi connectivity index (χ1n) is 12.8. The molecule has 0 unspecified atom stereocenters. The fraction of sp³-hybridized carbons (Fsp3) is 0.273. The van der Waals surface area contributed by atoms with E-state index < -0.39 is 0 Å². The molecule has 0 saturated heterocycles. The lowest BCUT2D eigenvalue weighted by molar-refractivity contribution is 0.104. The Kier molecular flexibility index (Phi) is 6.15. The normalized spacial score (nSPS) is 14.1. The summed E-state index contributed by atoms with van der Waals surface area (Å²) in [5.41, 5.74) is 8.99. The highest BCUT2D eigenvalue weighted by Crippen LogP contribution is 2.54. The first-order valence-corrected chi connectivity index (χ1v) is 12.8. The Morgan fingerprint density at radius 2 is 1.37 bits per heavy atom. The maximum absolute atomic E-state index is 13.8. The van der Waals surface area contributed by atoms with Gasteiger partial charge in [0.25, 0.3) is 0 Å². The lowest BCUT2D eigenvalue weighted by Crippen LogP contribution is -2.25. The van der Waals surface area contributed by atoms with Crippen molar-refractivity contribution in [1.82, 2.24) is 0 Å². The Morgan fingerprint density at radius 1 is 0.771 bits per heavy atom. The van der Waals surface area contributed by atoms with Gasteiger partial charge in [0.15, 0.2) is 5.78 Å². The summed E-state index contributed by atoms with van der Waals surface area (Å²) in [4.78, 5) is 18.3. The fourth-order valence-electron chi connectivity index (χ4n) is 6.09. The molecule has 176 valence electrons. The molecule has 4 aromatic carbocycles. The number of ketones is 1. The number of aliphatic imine (C=N–C) groups is 1. The topological polar surface area (TPSA) is 29.4 Å². The highest BCUT2D eigenvalue weighted by Gasteiger charge is 2.42. The summed E-state index contributed by atoms with van der Waals surface area (Å²) in [6, 6.07) is 27.4. The van der Waals surface area contributed by atoms with Crippen molar-refractivity contribution < 1.29 is 4.79 Å². The minimum Gasteiger partial charge on any atom is -0.293 e. The second kappa shape index (κ2) is 9.26. The summed E-state index contributed by atoms with van der Waals surface area (Å²) in [6.45, 7) is 6.61. The minimum atomic E-state index is -0.0761. The third kappa shape index (κ3) is 3.72. The van der Waals surface area contributed by atoms with E-state index in [1.165, 1.54) is 27.8 Å². The van der Waals surface area contributed by atoms with Gasteiger partial charge < -0.3 is 0 Å². The number of hydrogen-bond donors (Lipinski definition) is 0. The van der Waals surface area contributed by atoms with Gasteiger partial charge in [0.05, 0.1) is 0 Å². The molecule has 0 radical (unpaired) electrons. The van der Waals surface area contributed by atoms with E-state index in [0.29, 0.717) is 0 Å². The van der Waals surface area contributed by atoms with Crippen molar-refractivity contribution in [1.29, 1.82) is 0 Å². The molecular formula is C33H33NO. The van der Waals surface area contributed by atoms with Crippen LogP contribution in [-0.4, -0.2) is 18.5 Å². The van der Waals surface area contributed by atoms with E-state index in [2.05, 4.69) is 68.2 Å². The van der Waals surface area contributed by atoms with Gasteiger partial charge in [0, 0.05) is 29.3 Å². The van der Waals surface area contributed by atoms with Crippen LogP contribution in [0.25, 0.3) is 21.9 Å². The summed E-state index contributed by atoms with van der Waals surface area (Å²) in [7, 11) is 1.85. The molecule has 2 heteroatoms. The summed E-state index contributed by atoms with van der Waals surface area (Å²) in [5.74, 6) is 0.0945. The SMILES string of the molecule is CCCC1(CCC)c2cc(C(=O)c3cccc4ccccc34)ccc2-c2ccc(C(C)=NC)cc21. The second-order valence-corrected chi connectivity index (χ2v) is 9.77. The van der Waals surface area contributed by atoms with Gasteiger partial charge >= 0.3 is 0 Å². The summed E-state index contributed by atoms with van der Waals surface area (Å²) < 4.78 is 0. The van der Waals surface area contributed by atoms with Gasteiger partial charge in [-0.2, -0.15) is 0 Å². The van der Waals surface area contributed by atoms with Crippen molar-refractivity contribution in [3.05, 3.63) is 107 Å². The molecule has 0 heterocycles. The van der Waals surface area contributed by atoms with Crippen LogP contribution in [0.1, 0.15) is 79.1 Å². The van der Waals surface area contributed by atoms with E-state index in [0.717, 1.165) is 53.3 Å². The van der Waals surface area contributed by atoms with Gasteiger partial charge in [-0.05, 0) is 70.5 Å². The van der Waals surface area contributed by atoms with E-state index in [1.54, 1.807) is 0 Å². The molecule has 0 bridgehead atoms. The number of hydrogen-bond acceptors (Lipinski definition) is 2. The Labute approximate surface area is 208 Å². The van der Waals surface area contributed by atoms with Crippen molar-refractivity contribution in [2.24, 2.45) is 4.99 Å². The van der Waals surface area contributed by atoms with Crippen molar-refractivity contribution in [2.45, 2.75) is 51.9 Å². The Balaban J connectivity index is 1.69. The maximum Gasteiger partial charge on any atom is 0.193 e. The van der Waals surface area contributed by atoms with Crippen LogP contribution in [0.2, 0.25) is 0 Å².